The van der Waals surface area contributed by atoms with E-state index in [4.69, 9.17) is 8.85 Å². The van der Waals surface area contributed by atoms with Crippen LogP contribution in [0, 0.1) is 0 Å². The summed E-state index contributed by atoms with van der Waals surface area (Å²) in [7, 11) is -2.37. The molecule has 0 aromatic heterocycles. The van der Waals surface area contributed by atoms with Crippen molar-refractivity contribution in [2.45, 2.75) is 52.2 Å². The van der Waals surface area contributed by atoms with E-state index in [9.17, 15) is 4.79 Å². The highest BCUT2D eigenvalue weighted by Gasteiger charge is 2.44. The molecule has 1 unspecified atom stereocenters. The fourth-order valence-corrected chi connectivity index (χ4v) is 5.19. The summed E-state index contributed by atoms with van der Waals surface area (Å²) in [4.78, 5) is 14.4. The van der Waals surface area contributed by atoms with E-state index >= 15 is 0 Å². The van der Waals surface area contributed by atoms with Crippen LogP contribution >= 0.6 is 0 Å². The van der Waals surface area contributed by atoms with Crippen molar-refractivity contribution < 1.29 is 13.6 Å². The van der Waals surface area contributed by atoms with Crippen molar-refractivity contribution in [3.8, 4) is 0 Å². The molecule has 0 saturated heterocycles. The molecule has 0 aromatic carbocycles. The first-order valence-corrected chi connectivity index (χ1v) is 8.15. The second-order valence-electron chi connectivity index (χ2n) is 3.56. The highest BCUT2D eigenvalue weighted by molar-refractivity contribution is 6.69. The predicted octanol–water partition coefficient (Wildman–Crippen LogP) is 2.57. The van der Waals surface area contributed by atoms with Crippen LogP contribution in [0.25, 0.3) is 0 Å². The SMILES string of the molecule is CCCC(N=C=O)[Si](CC)(OCC)OCC. The maximum Gasteiger partial charge on any atom is 0.364 e. The van der Waals surface area contributed by atoms with Gasteiger partial charge in [0.05, 0.1) is 0 Å². The van der Waals surface area contributed by atoms with Gasteiger partial charge in [-0.1, -0.05) is 20.3 Å². The lowest BCUT2D eigenvalue weighted by molar-refractivity contribution is 0.172. The molecule has 16 heavy (non-hydrogen) atoms. The molecule has 0 aliphatic rings. The van der Waals surface area contributed by atoms with Gasteiger partial charge in [0.2, 0.25) is 6.08 Å². The minimum atomic E-state index is -2.37. The zero-order valence-electron chi connectivity index (χ0n) is 10.8. The van der Waals surface area contributed by atoms with Gasteiger partial charge in [0, 0.05) is 13.2 Å². The van der Waals surface area contributed by atoms with E-state index in [0.717, 1.165) is 18.9 Å². The first-order chi connectivity index (χ1) is 7.70. The van der Waals surface area contributed by atoms with Gasteiger partial charge >= 0.3 is 8.56 Å². The summed E-state index contributed by atoms with van der Waals surface area (Å²) in [5.41, 5.74) is -0.125. The monoisotopic (exact) mass is 245 g/mol. The Kier molecular flexibility index (Phi) is 8.38. The predicted molar refractivity (Wildman–Crippen MR) is 66.3 cm³/mol. The van der Waals surface area contributed by atoms with Crippen molar-refractivity contribution in [3.63, 3.8) is 0 Å². The summed E-state index contributed by atoms with van der Waals surface area (Å²) in [6, 6.07) is 0.810. The van der Waals surface area contributed by atoms with Crippen LogP contribution in [0.15, 0.2) is 4.99 Å². The summed E-state index contributed by atoms with van der Waals surface area (Å²) in [6.07, 6.45) is 3.45. The second-order valence-corrected chi connectivity index (χ2v) is 7.13. The summed E-state index contributed by atoms with van der Waals surface area (Å²) in [5.74, 6) is 0. The normalized spacial score (nSPS) is 13.2. The van der Waals surface area contributed by atoms with E-state index < -0.39 is 8.56 Å². The largest absolute Gasteiger partial charge is 0.393 e. The molecule has 0 N–H and O–H groups in total. The van der Waals surface area contributed by atoms with Crippen LogP contribution in [0.3, 0.4) is 0 Å². The van der Waals surface area contributed by atoms with Crippen LogP contribution in [0.4, 0.5) is 0 Å². The van der Waals surface area contributed by atoms with E-state index in [1.807, 2.05) is 20.8 Å². The van der Waals surface area contributed by atoms with E-state index in [0.29, 0.717) is 13.2 Å². The van der Waals surface area contributed by atoms with Crippen molar-refractivity contribution in [2.75, 3.05) is 13.2 Å². The third-order valence-corrected chi connectivity index (χ3v) is 6.52. The number of hydrogen-bond donors (Lipinski definition) is 0. The Hall–Kier alpha value is -0.483. The summed E-state index contributed by atoms with van der Waals surface area (Å²) in [5, 5.41) is 0. The molecule has 5 heteroatoms. The third-order valence-electron chi connectivity index (χ3n) is 2.55. The van der Waals surface area contributed by atoms with Crippen LogP contribution in [-0.2, 0) is 13.6 Å². The molecule has 0 aromatic rings. The lowest BCUT2D eigenvalue weighted by atomic mass is 10.3. The molecule has 0 amide bonds. The Labute approximate surface area is 99.3 Å². The van der Waals surface area contributed by atoms with Crippen molar-refractivity contribution in [1.29, 1.82) is 0 Å². The van der Waals surface area contributed by atoms with E-state index in [1.165, 1.54) is 0 Å². The van der Waals surface area contributed by atoms with Crippen molar-refractivity contribution in [2.24, 2.45) is 4.99 Å². The first-order valence-electron chi connectivity index (χ1n) is 6.05. The van der Waals surface area contributed by atoms with Crippen LogP contribution in [-0.4, -0.2) is 33.5 Å². The summed E-state index contributed by atoms with van der Waals surface area (Å²) < 4.78 is 11.7. The number of aliphatic imine (C=N–C) groups is 1. The lowest BCUT2D eigenvalue weighted by Crippen LogP contribution is -2.52. The first kappa shape index (κ1) is 15.5. The van der Waals surface area contributed by atoms with Gasteiger partial charge in [0.15, 0.2) is 0 Å². The van der Waals surface area contributed by atoms with Crippen LogP contribution in [0.5, 0.6) is 0 Å². The van der Waals surface area contributed by atoms with Gasteiger partial charge in [-0.05, 0) is 26.3 Å². The van der Waals surface area contributed by atoms with Gasteiger partial charge in [-0.15, -0.1) is 0 Å². The van der Waals surface area contributed by atoms with Gasteiger partial charge in [-0.2, -0.15) is 0 Å². The molecule has 1 atom stereocenters. The Balaban J connectivity index is 4.96. The van der Waals surface area contributed by atoms with E-state index in [-0.39, 0.29) is 5.67 Å². The molecule has 0 aliphatic heterocycles. The lowest BCUT2D eigenvalue weighted by Gasteiger charge is -2.33. The van der Waals surface area contributed by atoms with Gasteiger partial charge in [-0.3, -0.25) is 0 Å². The zero-order valence-corrected chi connectivity index (χ0v) is 11.8. The topological polar surface area (TPSA) is 47.9 Å². The molecule has 0 bridgehead atoms. The Bertz CT molecular complexity index is 223. The van der Waals surface area contributed by atoms with Crippen LogP contribution < -0.4 is 0 Å². The highest BCUT2D eigenvalue weighted by atomic mass is 28.4. The zero-order chi connectivity index (χ0) is 12.4. The van der Waals surface area contributed by atoms with E-state index in [2.05, 4.69) is 11.9 Å². The molecule has 0 aliphatic carbocycles. The number of carbonyl (C=O) groups excluding carboxylic acids is 1. The molecule has 0 fully saturated rings. The minimum Gasteiger partial charge on any atom is -0.393 e. The average Bonchev–Trinajstić information content (AvgIpc) is 2.28. The molecular formula is C11H23NO3Si. The fraction of sp³-hybridized carbons (Fsp3) is 0.909. The number of rotatable bonds is 9. The average molecular weight is 245 g/mol. The molecule has 0 spiro atoms. The van der Waals surface area contributed by atoms with Gasteiger partial charge in [0.25, 0.3) is 0 Å². The summed E-state index contributed by atoms with van der Waals surface area (Å²) >= 11 is 0. The highest BCUT2D eigenvalue weighted by Crippen LogP contribution is 2.24. The number of nitrogens with zero attached hydrogens (tertiary/aromatic N) is 1. The maximum atomic E-state index is 10.5. The van der Waals surface area contributed by atoms with Crippen molar-refractivity contribution in [1.82, 2.24) is 0 Å². The fourth-order valence-electron chi connectivity index (χ4n) is 1.88. The standard InChI is InChI=1S/C11H23NO3Si/c1-5-9-11(12-10-13)16(8-4,14-6-2)15-7-3/h11H,5-9H2,1-4H3. The van der Waals surface area contributed by atoms with Crippen molar-refractivity contribution in [3.05, 3.63) is 0 Å². The van der Waals surface area contributed by atoms with Gasteiger partial charge in [-0.25, -0.2) is 9.79 Å². The number of hydrogen-bond acceptors (Lipinski definition) is 4. The van der Waals surface area contributed by atoms with Gasteiger partial charge in [0.1, 0.15) is 5.67 Å². The Morgan fingerprint density at radius 1 is 1.19 bits per heavy atom. The van der Waals surface area contributed by atoms with Crippen molar-refractivity contribution >= 4 is 14.6 Å². The molecule has 0 radical (unpaired) electrons. The van der Waals surface area contributed by atoms with Crippen LogP contribution in [0.1, 0.15) is 40.5 Å². The molecular weight excluding hydrogens is 222 g/mol. The van der Waals surface area contributed by atoms with Crippen LogP contribution in [0.2, 0.25) is 6.04 Å². The van der Waals surface area contributed by atoms with E-state index in [1.54, 1.807) is 6.08 Å². The maximum absolute atomic E-state index is 10.5. The molecule has 0 heterocycles. The Morgan fingerprint density at radius 3 is 2.06 bits per heavy atom. The van der Waals surface area contributed by atoms with Gasteiger partial charge < -0.3 is 8.85 Å². The molecule has 0 rings (SSSR count). The molecule has 0 saturated carbocycles. The third kappa shape index (κ3) is 4.18. The minimum absolute atomic E-state index is 0.125. The molecule has 94 valence electrons. The quantitative estimate of drug-likeness (QED) is 0.356. The smallest absolute Gasteiger partial charge is 0.364 e. The summed E-state index contributed by atoms with van der Waals surface area (Å²) in [6.45, 7) is 9.22. The number of isocyanates is 1. The Morgan fingerprint density at radius 2 is 1.75 bits per heavy atom. The second kappa shape index (κ2) is 8.64. The molecule has 4 nitrogen and oxygen atoms in total.